The molecule has 0 bridgehead atoms. The predicted molar refractivity (Wildman–Crippen MR) is 96.5 cm³/mol. The maximum Gasteiger partial charge on any atom is 0.250 e. The van der Waals surface area contributed by atoms with E-state index in [9.17, 15) is 9.59 Å². The largest absolute Gasteiger partial charge is 0.368 e. The first kappa shape index (κ1) is 16.5. The summed E-state index contributed by atoms with van der Waals surface area (Å²) < 4.78 is 0.911. The van der Waals surface area contributed by atoms with Crippen LogP contribution in [0.5, 0.6) is 0 Å². The fourth-order valence-electron chi connectivity index (χ4n) is 2.30. The number of benzene rings is 2. The molecule has 0 aliphatic rings. The first-order valence-electron chi connectivity index (χ1n) is 6.95. The molecule has 8 heteroatoms. The summed E-state index contributed by atoms with van der Waals surface area (Å²) >= 11 is 4.55. The lowest BCUT2D eigenvalue weighted by Crippen LogP contribution is -2.19. The van der Waals surface area contributed by atoms with E-state index in [4.69, 9.17) is 11.5 Å². The van der Waals surface area contributed by atoms with Crippen LogP contribution in [0.2, 0.25) is 0 Å². The summed E-state index contributed by atoms with van der Waals surface area (Å²) in [6.45, 7) is 0. The van der Waals surface area contributed by atoms with Crippen molar-refractivity contribution in [3.8, 4) is 0 Å². The molecule has 0 radical (unpaired) electrons. The molecule has 1 aromatic heterocycles. The number of nitrogens with two attached hydrogens (primary N) is 2. The molecule has 2 amide bonds. The Labute approximate surface area is 150 Å². The minimum atomic E-state index is -0.601. The number of carbonyl (C=O) groups is 2. The zero-order valence-corrected chi connectivity index (χ0v) is 14.7. The van der Waals surface area contributed by atoms with Gasteiger partial charge in [0.15, 0.2) is 5.16 Å². The molecular formula is C16H13BrN4O2S. The number of aromatic nitrogens is 2. The third kappa shape index (κ3) is 3.29. The van der Waals surface area contributed by atoms with E-state index in [1.807, 2.05) is 24.3 Å². The number of halogens is 1. The second-order valence-electron chi connectivity index (χ2n) is 5.06. The number of thioether (sulfide) groups is 1. The van der Waals surface area contributed by atoms with Crippen molar-refractivity contribution in [3.63, 3.8) is 0 Å². The van der Waals surface area contributed by atoms with E-state index in [2.05, 4.69) is 25.9 Å². The normalized spacial score (nSPS) is 12.2. The molecule has 0 fully saturated rings. The van der Waals surface area contributed by atoms with Crippen molar-refractivity contribution in [1.82, 2.24) is 9.97 Å². The Morgan fingerprint density at radius 2 is 1.83 bits per heavy atom. The van der Waals surface area contributed by atoms with E-state index in [1.54, 1.807) is 18.2 Å². The van der Waals surface area contributed by atoms with Gasteiger partial charge in [-0.3, -0.25) is 9.59 Å². The van der Waals surface area contributed by atoms with Crippen LogP contribution in [0.3, 0.4) is 0 Å². The number of aromatic amines is 1. The third-order valence-electron chi connectivity index (χ3n) is 3.42. The molecule has 0 saturated carbocycles. The lowest BCUT2D eigenvalue weighted by Gasteiger charge is -2.11. The average molecular weight is 405 g/mol. The highest BCUT2D eigenvalue weighted by Gasteiger charge is 2.22. The van der Waals surface area contributed by atoms with Crippen molar-refractivity contribution in [2.45, 2.75) is 10.4 Å². The van der Waals surface area contributed by atoms with Gasteiger partial charge in [-0.05, 0) is 29.8 Å². The number of primary amides is 2. The van der Waals surface area contributed by atoms with Gasteiger partial charge in [-0.1, -0.05) is 45.9 Å². The standard InChI is InChI=1S/C16H13BrN4O2S/c17-9-6-4-8(5-7-9)13(15(19)23)24-16-20-11-3-1-2-10(14(18)22)12(11)21-16/h1-7,13H,(H2,18,22)(H2,19,23)(H,20,21). The molecular weight excluding hydrogens is 392 g/mol. The van der Waals surface area contributed by atoms with Crippen LogP contribution in [0.15, 0.2) is 52.1 Å². The number of imidazole rings is 1. The number of nitrogens with zero attached hydrogens (tertiary/aromatic N) is 1. The maximum absolute atomic E-state index is 11.9. The smallest absolute Gasteiger partial charge is 0.250 e. The van der Waals surface area contributed by atoms with Gasteiger partial charge in [0, 0.05) is 4.47 Å². The Bertz CT molecular complexity index is 923. The molecule has 2 aromatic carbocycles. The van der Waals surface area contributed by atoms with Crippen LogP contribution in [-0.2, 0) is 4.79 Å². The van der Waals surface area contributed by atoms with E-state index in [0.29, 0.717) is 21.8 Å². The molecule has 24 heavy (non-hydrogen) atoms. The minimum Gasteiger partial charge on any atom is -0.368 e. The average Bonchev–Trinajstić information content (AvgIpc) is 2.95. The minimum absolute atomic E-state index is 0.329. The van der Waals surface area contributed by atoms with Gasteiger partial charge in [-0.15, -0.1) is 0 Å². The molecule has 0 spiro atoms. The molecule has 122 valence electrons. The number of hydrogen-bond acceptors (Lipinski definition) is 4. The van der Waals surface area contributed by atoms with E-state index in [1.165, 1.54) is 11.8 Å². The van der Waals surface area contributed by atoms with Crippen LogP contribution in [0.1, 0.15) is 21.2 Å². The summed E-state index contributed by atoms with van der Waals surface area (Å²) in [6, 6.07) is 12.5. The van der Waals surface area contributed by atoms with Crippen molar-refractivity contribution in [2.75, 3.05) is 0 Å². The number of nitrogens with one attached hydrogen (secondary N) is 1. The summed E-state index contributed by atoms with van der Waals surface area (Å²) in [4.78, 5) is 30.8. The predicted octanol–water partition coefficient (Wildman–Crippen LogP) is 2.74. The Morgan fingerprint density at radius 1 is 1.12 bits per heavy atom. The third-order valence-corrected chi connectivity index (χ3v) is 5.10. The molecule has 0 aliphatic carbocycles. The number of carbonyl (C=O) groups excluding carboxylic acids is 2. The molecule has 3 rings (SSSR count). The highest BCUT2D eigenvalue weighted by atomic mass is 79.9. The van der Waals surface area contributed by atoms with Crippen LogP contribution in [0.25, 0.3) is 11.0 Å². The van der Waals surface area contributed by atoms with E-state index < -0.39 is 17.1 Å². The van der Waals surface area contributed by atoms with Gasteiger partial charge in [0.25, 0.3) is 5.91 Å². The van der Waals surface area contributed by atoms with Crippen molar-refractivity contribution in [1.29, 1.82) is 0 Å². The number of H-pyrrole nitrogens is 1. The summed E-state index contributed by atoms with van der Waals surface area (Å²) in [6.07, 6.45) is 0. The highest BCUT2D eigenvalue weighted by Crippen LogP contribution is 2.35. The van der Waals surface area contributed by atoms with E-state index in [0.717, 1.165) is 10.0 Å². The quantitative estimate of drug-likeness (QED) is 0.566. The molecule has 1 heterocycles. The number of amides is 2. The molecule has 0 aliphatic heterocycles. The fraction of sp³-hybridized carbons (Fsp3) is 0.0625. The number of fused-ring (bicyclic) bond motifs is 1. The summed E-state index contributed by atoms with van der Waals surface area (Å²) in [7, 11) is 0. The molecule has 6 nitrogen and oxygen atoms in total. The second kappa shape index (κ2) is 6.66. The van der Waals surface area contributed by atoms with Crippen LogP contribution in [0.4, 0.5) is 0 Å². The van der Waals surface area contributed by atoms with Crippen molar-refractivity contribution >= 4 is 50.5 Å². The zero-order chi connectivity index (χ0) is 17.3. The highest BCUT2D eigenvalue weighted by molar-refractivity contribution is 9.10. The molecule has 1 unspecified atom stereocenters. The van der Waals surface area contributed by atoms with Crippen LogP contribution in [-0.4, -0.2) is 21.8 Å². The number of para-hydroxylation sites is 1. The van der Waals surface area contributed by atoms with Crippen molar-refractivity contribution in [3.05, 3.63) is 58.1 Å². The first-order chi connectivity index (χ1) is 11.5. The van der Waals surface area contributed by atoms with Gasteiger partial charge in [0.2, 0.25) is 5.91 Å². The maximum atomic E-state index is 11.9. The molecule has 0 saturated heterocycles. The summed E-state index contributed by atoms with van der Waals surface area (Å²) in [5, 5.41) is -0.110. The fourth-order valence-corrected chi connectivity index (χ4v) is 3.51. The molecule has 3 aromatic rings. The monoisotopic (exact) mass is 404 g/mol. The van der Waals surface area contributed by atoms with Crippen LogP contribution in [0, 0.1) is 0 Å². The van der Waals surface area contributed by atoms with E-state index >= 15 is 0 Å². The lowest BCUT2D eigenvalue weighted by molar-refractivity contribution is -0.117. The SMILES string of the molecule is NC(=O)c1cccc2[nH]c(SC(C(N)=O)c3ccc(Br)cc3)nc12. The molecule has 5 N–H and O–H groups in total. The van der Waals surface area contributed by atoms with Gasteiger partial charge in [0.05, 0.1) is 11.1 Å². The van der Waals surface area contributed by atoms with Gasteiger partial charge < -0.3 is 16.5 Å². The molecule has 1 atom stereocenters. The van der Waals surface area contributed by atoms with Gasteiger partial charge >= 0.3 is 0 Å². The van der Waals surface area contributed by atoms with Crippen molar-refractivity contribution < 1.29 is 9.59 Å². The van der Waals surface area contributed by atoms with Gasteiger partial charge in [-0.25, -0.2) is 4.98 Å². The summed E-state index contributed by atoms with van der Waals surface area (Å²) in [5.74, 6) is -1.03. The van der Waals surface area contributed by atoms with Gasteiger partial charge in [0.1, 0.15) is 10.8 Å². The second-order valence-corrected chi connectivity index (χ2v) is 7.07. The number of rotatable bonds is 5. The van der Waals surface area contributed by atoms with Crippen LogP contribution < -0.4 is 11.5 Å². The Morgan fingerprint density at radius 3 is 2.46 bits per heavy atom. The van der Waals surface area contributed by atoms with Crippen LogP contribution >= 0.6 is 27.7 Å². The summed E-state index contributed by atoms with van der Waals surface area (Å²) in [5.41, 5.74) is 13.2. The van der Waals surface area contributed by atoms with Gasteiger partial charge in [-0.2, -0.15) is 0 Å². The van der Waals surface area contributed by atoms with E-state index in [-0.39, 0.29) is 0 Å². The Kier molecular flexibility index (Phi) is 4.59. The Balaban J connectivity index is 1.97. The zero-order valence-electron chi connectivity index (χ0n) is 12.3. The van der Waals surface area contributed by atoms with Crippen molar-refractivity contribution in [2.24, 2.45) is 11.5 Å². The Hall–Kier alpha value is -2.32. The number of hydrogen-bond donors (Lipinski definition) is 3. The first-order valence-corrected chi connectivity index (χ1v) is 8.63. The lowest BCUT2D eigenvalue weighted by atomic mass is 10.1. The topological polar surface area (TPSA) is 115 Å².